The zero-order chi connectivity index (χ0) is 24.3. The maximum Gasteiger partial charge on any atom is 0.347 e. The highest BCUT2D eigenvalue weighted by atomic mass is 79.9. The lowest BCUT2D eigenvalue weighted by molar-refractivity contribution is -0.386. The van der Waals surface area contributed by atoms with E-state index in [4.69, 9.17) is 21.1 Å². The van der Waals surface area contributed by atoms with Gasteiger partial charge in [0.05, 0.1) is 33.7 Å². The van der Waals surface area contributed by atoms with Crippen LogP contribution in [0.1, 0.15) is 25.2 Å². The predicted octanol–water partition coefficient (Wildman–Crippen LogP) is 4.24. The molecule has 3 rings (SSSR count). The number of carbonyl (C=O) groups is 1. The van der Waals surface area contributed by atoms with Gasteiger partial charge in [0, 0.05) is 16.1 Å². The summed E-state index contributed by atoms with van der Waals surface area (Å²) in [6.07, 6.45) is 0.141. The molecule has 0 aliphatic carbocycles. The quantitative estimate of drug-likeness (QED) is 0.191. The van der Waals surface area contributed by atoms with Crippen LogP contribution in [0.4, 0.5) is 5.69 Å². The Morgan fingerprint density at radius 1 is 1.39 bits per heavy atom. The lowest BCUT2D eigenvalue weighted by atomic mass is 10.2. The van der Waals surface area contributed by atoms with Crippen LogP contribution in [-0.4, -0.2) is 39.5 Å². The Bertz CT molecular complexity index is 1340. The van der Waals surface area contributed by atoms with Gasteiger partial charge >= 0.3 is 11.7 Å². The van der Waals surface area contributed by atoms with Crippen LogP contribution in [0.5, 0.6) is 5.75 Å². The maximum absolute atomic E-state index is 12.8. The van der Waals surface area contributed by atoms with Gasteiger partial charge in [-0.1, -0.05) is 27.5 Å². The van der Waals surface area contributed by atoms with Crippen molar-refractivity contribution >= 4 is 56.3 Å². The van der Waals surface area contributed by atoms with Crippen LogP contribution >= 0.6 is 27.5 Å². The molecule has 1 atom stereocenters. The number of fused-ring (bicyclic) bond motifs is 1. The van der Waals surface area contributed by atoms with E-state index < -0.39 is 28.2 Å². The van der Waals surface area contributed by atoms with Crippen molar-refractivity contribution in [1.82, 2.24) is 9.66 Å². The molecule has 0 N–H and O–H groups in total. The fraction of sp³-hybridized carbons (Fsp3) is 0.238. The van der Waals surface area contributed by atoms with Crippen molar-refractivity contribution in [3.63, 3.8) is 0 Å². The zero-order valence-electron chi connectivity index (χ0n) is 17.7. The monoisotopic (exact) mass is 536 g/mol. The van der Waals surface area contributed by atoms with Gasteiger partial charge in [0.1, 0.15) is 5.82 Å². The number of nitro groups is 1. The van der Waals surface area contributed by atoms with Crippen molar-refractivity contribution < 1.29 is 19.2 Å². The van der Waals surface area contributed by atoms with Gasteiger partial charge in [-0.3, -0.25) is 14.9 Å². The number of halogens is 2. The van der Waals surface area contributed by atoms with Gasteiger partial charge in [-0.15, -0.1) is 0 Å². The van der Waals surface area contributed by atoms with Gasteiger partial charge in [-0.2, -0.15) is 9.78 Å². The Labute approximate surface area is 201 Å². The van der Waals surface area contributed by atoms with Crippen LogP contribution in [0, 0.1) is 17.0 Å². The number of rotatable bonds is 7. The molecule has 0 saturated heterocycles. The van der Waals surface area contributed by atoms with Gasteiger partial charge in [-0.05, 0) is 45.0 Å². The second-order valence-electron chi connectivity index (χ2n) is 6.80. The fourth-order valence-corrected chi connectivity index (χ4v) is 3.56. The van der Waals surface area contributed by atoms with E-state index in [2.05, 4.69) is 26.0 Å². The van der Waals surface area contributed by atoms with Crippen LogP contribution in [0.2, 0.25) is 5.02 Å². The summed E-state index contributed by atoms with van der Waals surface area (Å²) in [5.41, 5.74) is -0.116. The predicted molar refractivity (Wildman–Crippen MR) is 126 cm³/mol. The Morgan fingerprint density at radius 3 is 2.79 bits per heavy atom. The van der Waals surface area contributed by atoms with E-state index in [9.17, 15) is 19.7 Å². The SMILES string of the molecule is CCOC(=O)[C@H](C)Oc1c(Cl)cc(C=Nn2c(C)nc3ccc(Br)cc3c2=O)cc1[N+](=O)[O-]. The highest BCUT2D eigenvalue weighted by Gasteiger charge is 2.25. The molecule has 12 heteroatoms. The number of hydrogen-bond acceptors (Lipinski definition) is 8. The highest BCUT2D eigenvalue weighted by molar-refractivity contribution is 9.10. The number of aryl methyl sites for hydroxylation is 1. The molecule has 0 aliphatic rings. The molecule has 0 saturated carbocycles. The van der Waals surface area contributed by atoms with Crippen LogP contribution in [-0.2, 0) is 9.53 Å². The standard InChI is InChI=1S/C21H18BrClN4O6/c1-4-32-21(29)11(2)33-19-16(23)7-13(8-18(19)27(30)31)10-24-26-12(3)25-17-6-5-14(22)9-15(17)20(26)28/h5-11H,4H2,1-3H3/t11-/m0/s1. The normalized spacial score (nSPS) is 12.2. The minimum atomic E-state index is -1.11. The van der Waals surface area contributed by atoms with Gasteiger partial charge in [0.15, 0.2) is 6.10 Å². The second-order valence-corrected chi connectivity index (χ2v) is 8.13. The molecule has 0 spiro atoms. The number of nitro benzene ring substituents is 1. The van der Waals surface area contributed by atoms with Crippen LogP contribution in [0.15, 0.2) is 44.7 Å². The molecule has 2 aromatic carbocycles. The number of ether oxygens (including phenoxy) is 2. The van der Waals surface area contributed by atoms with Gasteiger partial charge in [0.2, 0.25) is 5.75 Å². The lowest BCUT2D eigenvalue weighted by Crippen LogP contribution is -2.26. The number of carbonyl (C=O) groups excluding carboxylic acids is 1. The van der Waals surface area contributed by atoms with E-state index in [1.54, 1.807) is 32.0 Å². The average molecular weight is 538 g/mol. The first-order valence-electron chi connectivity index (χ1n) is 9.66. The summed E-state index contributed by atoms with van der Waals surface area (Å²) < 4.78 is 12.0. The van der Waals surface area contributed by atoms with Crippen molar-refractivity contribution in [3.05, 3.63) is 71.7 Å². The topological polar surface area (TPSA) is 126 Å². The third-order valence-electron chi connectivity index (χ3n) is 4.45. The van der Waals surface area contributed by atoms with Gasteiger partial charge < -0.3 is 9.47 Å². The van der Waals surface area contributed by atoms with Crippen molar-refractivity contribution in [3.8, 4) is 5.75 Å². The van der Waals surface area contributed by atoms with E-state index in [0.29, 0.717) is 21.2 Å². The Hall–Kier alpha value is -3.31. The Kier molecular flexibility index (Phi) is 7.44. The van der Waals surface area contributed by atoms with Crippen LogP contribution < -0.4 is 10.3 Å². The molecule has 0 bridgehead atoms. The van der Waals surface area contributed by atoms with E-state index in [1.807, 2.05) is 0 Å². The molecular formula is C21H18BrClN4O6. The van der Waals surface area contributed by atoms with E-state index >= 15 is 0 Å². The van der Waals surface area contributed by atoms with Crippen LogP contribution in [0.25, 0.3) is 10.9 Å². The Balaban J connectivity index is 2.00. The summed E-state index contributed by atoms with van der Waals surface area (Å²) >= 11 is 9.54. The minimum absolute atomic E-state index is 0.105. The second kappa shape index (κ2) is 10.1. The lowest BCUT2D eigenvalue weighted by Gasteiger charge is -2.14. The summed E-state index contributed by atoms with van der Waals surface area (Å²) in [4.78, 5) is 39.9. The molecule has 0 fully saturated rings. The molecule has 0 aliphatic heterocycles. The maximum atomic E-state index is 12.8. The smallest absolute Gasteiger partial charge is 0.347 e. The molecule has 0 amide bonds. The largest absolute Gasteiger partial charge is 0.471 e. The molecule has 172 valence electrons. The van der Waals surface area contributed by atoms with E-state index in [0.717, 1.165) is 4.68 Å². The van der Waals surface area contributed by atoms with Crippen molar-refractivity contribution in [2.45, 2.75) is 26.9 Å². The summed E-state index contributed by atoms with van der Waals surface area (Å²) in [5, 5.41) is 16.0. The Morgan fingerprint density at radius 2 is 2.12 bits per heavy atom. The molecule has 0 radical (unpaired) electrons. The first-order chi connectivity index (χ1) is 15.6. The molecule has 1 heterocycles. The number of esters is 1. The molecule has 3 aromatic rings. The molecular weight excluding hydrogens is 520 g/mol. The van der Waals surface area contributed by atoms with Crippen molar-refractivity contribution in [1.29, 1.82) is 0 Å². The average Bonchev–Trinajstić information content (AvgIpc) is 2.75. The summed E-state index contributed by atoms with van der Waals surface area (Å²) in [6, 6.07) is 7.66. The van der Waals surface area contributed by atoms with Crippen molar-refractivity contribution in [2.24, 2.45) is 5.10 Å². The molecule has 0 unspecified atom stereocenters. The molecule has 1 aromatic heterocycles. The highest BCUT2D eigenvalue weighted by Crippen LogP contribution is 2.36. The number of benzene rings is 2. The third kappa shape index (κ3) is 5.37. The van der Waals surface area contributed by atoms with E-state index in [-0.39, 0.29) is 22.9 Å². The first-order valence-corrected chi connectivity index (χ1v) is 10.8. The fourth-order valence-electron chi connectivity index (χ4n) is 2.93. The summed E-state index contributed by atoms with van der Waals surface area (Å²) in [7, 11) is 0. The first kappa shape index (κ1) is 24.3. The third-order valence-corrected chi connectivity index (χ3v) is 5.22. The van der Waals surface area contributed by atoms with Crippen LogP contribution in [0.3, 0.4) is 0 Å². The molecule has 10 nitrogen and oxygen atoms in total. The van der Waals surface area contributed by atoms with Gasteiger partial charge in [-0.25, -0.2) is 9.78 Å². The summed E-state index contributed by atoms with van der Waals surface area (Å²) in [6.45, 7) is 4.78. The van der Waals surface area contributed by atoms with E-state index in [1.165, 1.54) is 25.3 Å². The number of aromatic nitrogens is 2. The molecule has 33 heavy (non-hydrogen) atoms. The summed E-state index contributed by atoms with van der Waals surface area (Å²) in [5.74, 6) is -0.626. The number of nitrogens with zero attached hydrogens (tertiary/aromatic N) is 4. The van der Waals surface area contributed by atoms with Crippen molar-refractivity contribution in [2.75, 3.05) is 6.61 Å². The minimum Gasteiger partial charge on any atom is -0.471 e. The zero-order valence-corrected chi connectivity index (χ0v) is 20.1. The van der Waals surface area contributed by atoms with Gasteiger partial charge in [0.25, 0.3) is 5.56 Å². The number of hydrogen-bond donors (Lipinski definition) is 0.